The van der Waals surface area contributed by atoms with Crippen molar-refractivity contribution in [1.82, 2.24) is 0 Å². The van der Waals surface area contributed by atoms with Crippen molar-refractivity contribution < 1.29 is 9.90 Å². The van der Waals surface area contributed by atoms with E-state index in [9.17, 15) is 4.79 Å². The predicted octanol–water partition coefficient (Wildman–Crippen LogP) is 2.53. The Morgan fingerprint density at radius 1 is 1.38 bits per heavy atom. The highest BCUT2D eigenvalue weighted by atomic mass is 32.2. The predicted molar refractivity (Wildman–Crippen MR) is 54.0 cm³/mol. The summed E-state index contributed by atoms with van der Waals surface area (Å²) >= 11 is 2.03. The van der Waals surface area contributed by atoms with Crippen LogP contribution in [0.15, 0.2) is 0 Å². The van der Waals surface area contributed by atoms with Crippen LogP contribution in [0.25, 0.3) is 0 Å². The van der Waals surface area contributed by atoms with Gasteiger partial charge in [-0.3, -0.25) is 4.79 Å². The minimum absolute atomic E-state index is 0.0562. The smallest absolute Gasteiger partial charge is 0.306 e. The molecule has 0 aromatic heterocycles. The summed E-state index contributed by atoms with van der Waals surface area (Å²) in [6.07, 6.45) is 6.91. The lowest BCUT2D eigenvalue weighted by Gasteiger charge is -2.35. The van der Waals surface area contributed by atoms with Gasteiger partial charge in [0, 0.05) is 4.75 Å². The SMILES string of the molecule is O=C(O)C1CCSC2(CCCC2)C1. The van der Waals surface area contributed by atoms with Crippen molar-refractivity contribution in [1.29, 1.82) is 0 Å². The Labute approximate surface area is 83.1 Å². The molecule has 1 saturated carbocycles. The fraction of sp³-hybridized carbons (Fsp3) is 0.900. The normalized spacial score (nSPS) is 32.2. The molecular formula is C10H16O2S. The first-order valence-corrected chi connectivity index (χ1v) is 6.07. The van der Waals surface area contributed by atoms with Gasteiger partial charge in [0.15, 0.2) is 0 Å². The van der Waals surface area contributed by atoms with Gasteiger partial charge in [-0.1, -0.05) is 12.8 Å². The van der Waals surface area contributed by atoms with Crippen molar-refractivity contribution in [2.45, 2.75) is 43.3 Å². The van der Waals surface area contributed by atoms with E-state index < -0.39 is 5.97 Å². The highest BCUT2D eigenvalue weighted by Crippen LogP contribution is 2.49. The zero-order chi connectivity index (χ0) is 9.31. The van der Waals surface area contributed by atoms with Crippen molar-refractivity contribution >= 4 is 17.7 Å². The second-order valence-electron chi connectivity index (χ2n) is 4.27. The van der Waals surface area contributed by atoms with Crippen LogP contribution in [-0.2, 0) is 4.79 Å². The van der Waals surface area contributed by atoms with Gasteiger partial charge in [-0.05, 0) is 31.4 Å². The van der Waals surface area contributed by atoms with Gasteiger partial charge in [-0.25, -0.2) is 0 Å². The molecule has 2 nitrogen and oxygen atoms in total. The van der Waals surface area contributed by atoms with Gasteiger partial charge >= 0.3 is 5.97 Å². The topological polar surface area (TPSA) is 37.3 Å². The summed E-state index contributed by atoms with van der Waals surface area (Å²) in [6, 6.07) is 0. The van der Waals surface area contributed by atoms with Crippen LogP contribution >= 0.6 is 11.8 Å². The fourth-order valence-corrected chi connectivity index (χ4v) is 4.34. The van der Waals surface area contributed by atoms with Crippen LogP contribution < -0.4 is 0 Å². The molecule has 1 aliphatic heterocycles. The number of hydrogen-bond acceptors (Lipinski definition) is 2. The summed E-state index contributed by atoms with van der Waals surface area (Å²) in [6.45, 7) is 0. The minimum Gasteiger partial charge on any atom is -0.481 e. The summed E-state index contributed by atoms with van der Waals surface area (Å²) in [5, 5.41) is 8.97. The molecule has 13 heavy (non-hydrogen) atoms. The molecule has 2 rings (SSSR count). The lowest BCUT2D eigenvalue weighted by atomic mass is 9.90. The Morgan fingerprint density at radius 3 is 2.69 bits per heavy atom. The minimum atomic E-state index is -0.577. The number of carboxylic acid groups (broad SMARTS) is 1. The second-order valence-corrected chi connectivity index (χ2v) is 5.83. The molecule has 2 fully saturated rings. The Balaban J connectivity index is 2.02. The molecule has 0 radical (unpaired) electrons. The Bertz CT molecular complexity index is 209. The van der Waals surface area contributed by atoms with E-state index in [-0.39, 0.29) is 5.92 Å². The number of rotatable bonds is 1. The average molecular weight is 200 g/mol. The van der Waals surface area contributed by atoms with Crippen molar-refractivity contribution in [3.05, 3.63) is 0 Å². The Kier molecular flexibility index (Phi) is 2.54. The maximum Gasteiger partial charge on any atom is 0.306 e. The fourth-order valence-electron chi connectivity index (χ4n) is 2.61. The number of hydrogen-bond donors (Lipinski definition) is 1. The molecule has 2 aliphatic rings. The molecule has 0 bridgehead atoms. The summed E-state index contributed by atoms with van der Waals surface area (Å²) in [5.74, 6) is 0.419. The van der Waals surface area contributed by atoms with Crippen LogP contribution in [0.1, 0.15) is 38.5 Å². The second kappa shape index (κ2) is 3.52. The van der Waals surface area contributed by atoms with Crippen molar-refractivity contribution in [2.24, 2.45) is 5.92 Å². The number of aliphatic carboxylic acids is 1. The molecule has 1 N–H and O–H groups in total. The van der Waals surface area contributed by atoms with Crippen molar-refractivity contribution in [2.75, 3.05) is 5.75 Å². The quantitative estimate of drug-likeness (QED) is 0.706. The van der Waals surface area contributed by atoms with E-state index in [1.54, 1.807) is 0 Å². The van der Waals surface area contributed by atoms with E-state index in [0.717, 1.165) is 18.6 Å². The molecule has 1 aliphatic carbocycles. The van der Waals surface area contributed by atoms with Gasteiger partial charge in [-0.15, -0.1) is 0 Å². The lowest BCUT2D eigenvalue weighted by Crippen LogP contribution is -2.33. The van der Waals surface area contributed by atoms with E-state index in [0.29, 0.717) is 4.75 Å². The molecule has 1 heterocycles. The third-order valence-corrected chi connectivity index (χ3v) is 4.98. The highest BCUT2D eigenvalue weighted by Gasteiger charge is 2.41. The molecule has 0 amide bonds. The molecule has 74 valence electrons. The van der Waals surface area contributed by atoms with Gasteiger partial charge in [0.25, 0.3) is 0 Å². The molecule has 0 aromatic carbocycles. The van der Waals surface area contributed by atoms with Crippen molar-refractivity contribution in [3.8, 4) is 0 Å². The van der Waals surface area contributed by atoms with Crippen LogP contribution in [0.5, 0.6) is 0 Å². The van der Waals surface area contributed by atoms with Gasteiger partial charge in [0.05, 0.1) is 5.92 Å². The Hall–Kier alpha value is -0.180. The van der Waals surface area contributed by atoms with E-state index in [1.807, 2.05) is 11.8 Å². The zero-order valence-electron chi connectivity index (χ0n) is 7.79. The van der Waals surface area contributed by atoms with Crippen LogP contribution in [0, 0.1) is 5.92 Å². The first kappa shape index (κ1) is 9.38. The number of carboxylic acids is 1. The van der Waals surface area contributed by atoms with Gasteiger partial charge in [0.1, 0.15) is 0 Å². The van der Waals surface area contributed by atoms with E-state index in [4.69, 9.17) is 5.11 Å². The number of carbonyl (C=O) groups is 1. The summed E-state index contributed by atoms with van der Waals surface area (Å²) in [4.78, 5) is 10.9. The van der Waals surface area contributed by atoms with E-state index in [1.165, 1.54) is 25.7 Å². The van der Waals surface area contributed by atoms with Crippen LogP contribution in [0.3, 0.4) is 0 Å². The molecular weight excluding hydrogens is 184 g/mol. The summed E-state index contributed by atoms with van der Waals surface area (Å²) in [7, 11) is 0. The first-order valence-electron chi connectivity index (χ1n) is 5.09. The van der Waals surface area contributed by atoms with E-state index in [2.05, 4.69) is 0 Å². The number of thioether (sulfide) groups is 1. The molecule has 0 aromatic rings. The van der Waals surface area contributed by atoms with Crippen LogP contribution in [-0.4, -0.2) is 21.6 Å². The highest BCUT2D eigenvalue weighted by molar-refractivity contribution is 8.00. The van der Waals surface area contributed by atoms with Gasteiger partial charge < -0.3 is 5.11 Å². The average Bonchev–Trinajstić information content (AvgIpc) is 2.53. The zero-order valence-corrected chi connectivity index (χ0v) is 8.61. The lowest BCUT2D eigenvalue weighted by molar-refractivity contribution is -0.142. The third-order valence-electron chi connectivity index (χ3n) is 3.36. The largest absolute Gasteiger partial charge is 0.481 e. The van der Waals surface area contributed by atoms with Gasteiger partial charge in [0.2, 0.25) is 0 Å². The van der Waals surface area contributed by atoms with Crippen molar-refractivity contribution in [3.63, 3.8) is 0 Å². The maximum atomic E-state index is 10.9. The van der Waals surface area contributed by atoms with Crippen LogP contribution in [0.2, 0.25) is 0 Å². The third kappa shape index (κ3) is 1.85. The maximum absolute atomic E-state index is 10.9. The van der Waals surface area contributed by atoms with Gasteiger partial charge in [-0.2, -0.15) is 11.8 Å². The molecule has 1 atom stereocenters. The first-order chi connectivity index (χ1) is 6.22. The van der Waals surface area contributed by atoms with E-state index >= 15 is 0 Å². The molecule has 1 spiro atoms. The Morgan fingerprint density at radius 2 is 2.08 bits per heavy atom. The standard InChI is InChI=1S/C10H16O2S/c11-9(12)8-3-6-13-10(7-8)4-1-2-5-10/h8H,1-7H2,(H,11,12). The van der Waals surface area contributed by atoms with Crippen LogP contribution in [0.4, 0.5) is 0 Å². The molecule has 3 heteroatoms. The monoisotopic (exact) mass is 200 g/mol. The molecule has 1 saturated heterocycles. The summed E-state index contributed by atoms with van der Waals surface area (Å²) in [5.41, 5.74) is 0. The summed E-state index contributed by atoms with van der Waals surface area (Å²) < 4.78 is 0.362. The molecule has 1 unspecified atom stereocenters.